The van der Waals surface area contributed by atoms with E-state index in [-0.39, 0.29) is 0 Å². The van der Waals surface area contributed by atoms with Gasteiger partial charge in [-0.15, -0.1) is 0 Å². The topological polar surface area (TPSA) is 18.5 Å². The number of hydrogen-bond donors (Lipinski definition) is 0. The summed E-state index contributed by atoms with van der Waals surface area (Å²) in [6.07, 6.45) is 0. The first-order valence-corrected chi connectivity index (χ1v) is 5.65. The van der Waals surface area contributed by atoms with E-state index in [0.29, 0.717) is 10.8 Å². The molecule has 2 rings (SSSR count). The molecule has 0 unspecified atom stereocenters. The average Bonchev–Trinajstić information content (AvgIpc) is 2.32. The summed E-state index contributed by atoms with van der Waals surface area (Å²) in [5.41, 5.74) is 1.04. The van der Waals surface area contributed by atoms with Crippen LogP contribution in [0.25, 0.3) is 0 Å². The molecule has 17 heavy (non-hydrogen) atoms. The highest BCUT2D eigenvalue weighted by Crippen LogP contribution is 2.34. The van der Waals surface area contributed by atoms with Crippen molar-refractivity contribution < 1.29 is 9.47 Å². The molecule has 0 aliphatic heterocycles. The molecule has 2 aromatic carbocycles. The molecule has 0 aromatic heterocycles. The summed E-state index contributed by atoms with van der Waals surface area (Å²) in [6.45, 7) is 1.98. The minimum absolute atomic E-state index is 0.688. The van der Waals surface area contributed by atoms with Crippen molar-refractivity contribution >= 4 is 11.6 Å². The van der Waals surface area contributed by atoms with E-state index in [1.165, 1.54) is 0 Å². The summed E-state index contributed by atoms with van der Waals surface area (Å²) < 4.78 is 11.1. The zero-order valence-electron chi connectivity index (χ0n) is 9.74. The SMILES string of the molecule is COc1c(C)cccc1Oc1ccc(Cl)cc1. The highest BCUT2D eigenvalue weighted by molar-refractivity contribution is 6.30. The Morgan fingerprint density at radius 1 is 1.00 bits per heavy atom. The molecule has 0 aliphatic rings. The smallest absolute Gasteiger partial charge is 0.169 e. The number of hydrogen-bond acceptors (Lipinski definition) is 2. The quantitative estimate of drug-likeness (QED) is 0.799. The van der Waals surface area contributed by atoms with Crippen molar-refractivity contribution in [3.05, 3.63) is 53.1 Å². The Kier molecular flexibility index (Phi) is 3.55. The van der Waals surface area contributed by atoms with Crippen molar-refractivity contribution in [1.82, 2.24) is 0 Å². The first-order valence-electron chi connectivity index (χ1n) is 5.27. The molecule has 88 valence electrons. The van der Waals surface area contributed by atoms with Gasteiger partial charge in [-0.3, -0.25) is 0 Å². The van der Waals surface area contributed by atoms with E-state index in [1.54, 1.807) is 19.2 Å². The molecule has 0 N–H and O–H groups in total. The molecule has 0 amide bonds. The van der Waals surface area contributed by atoms with Gasteiger partial charge in [-0.2, -0.15) is 0 Å². The van der Waals surface area contributed by atoms with Crippen LogP contribution in [0.5, 0.6) is 17.2 Å². The normalized spacial score (nSPS) is 10.1. The summed E-state index contributed by atoms with van der Waals surface area (Å²) in [5, 5.41) is 0.688. The van der Waals surface area contributed by atoms with Gasteiger partial charge in [-0.25, -0.2) is 0 Å². The molecule has 0 atom stereocenters. The van der Waals surface area contributed by atoms with Gasteiger partial charge in [-0.1, -0.05) is 23.7 Å². The predicted octanol–water partition coefficient (Wildman–Crippen LogP) is 4.45. The Morgan fingerprint density at radius 3 is 2.35 bits per heavy atom. The largest absolute Gasteiger partial charge is 0.493 e. The van der Waals surface area contributed by atoms with Crippen molar-refractivity contribution in [2.24, 2.45) is 0 Å². The molecule has 2 nitrogen and oxygen atoms in total. The zero-order valence-corrected chi connectivity index (χ0v) is 10.5. The van der Waals surface area contributed by atoms with Crippen LogP contribution in [0.3, 0.4) is 0 Å². The van der Waals surface area contributed by atoms with Crippen LogP contribution in [-0.4, -0.2) is 7.11 Å². The Balaban J connectivity index is 2.29. The number of ether oxygens (including phenoxy) is 2. The van der Waals surface area contributed by atoms with Gasteiger partial charge in [0, 0.05) is 5.02 Å². The van der Waals surface area contributed by atoms with Crippen LogP contribution in [0.2, 0.25) is 5.02 Å². The molecule has 0 spiro atoms. The highest BCUT2D eigenvalue weighted by atomic mass is 35.5. The van der Waals surface area contributed by atoms with E-state index in [0.717, 1.165) is 17.1 Å². The van der Waals surface area contributed by atoms with E-state index in [4.69, 9.17) is 21.1 Å². The number of para-hydroxylation sites is 1. The van der Waals surface area contributed by atoms with Gasteiger partial charge in [0.05, 0.1) is 7.11 Å². The summed E-state index contributed by atoms with van der Waals surface area (Å²) >= 11 is 5.82. The summed E-state index contributed by atoms with van der Waals surface area (Å²) in [7, 11) is 1.64. The molecular weight excluding hydrogens is 236 g/mol. The van der Waals surface area contributed by atoms with Crippen LogP contribution < -0.4 is 9.47 Å². The molecule has 0 aliphatic carbocycles. The predicted molar refractivity (Wildman–Crippen MR) is 69.3 cm³/mol. The van der Waals surface area contributed by atoms with E-state index >= 15 is 0 Å². The third-order valence-electron chi connectivity index (χ3n) is 2.42. The number of aryl methyl sites for hydroxylation is 1. The molecular formula is C14H13ClO2. The van der Waals surface area contributed by atoms with E-state index < -0.39 is 0 Å². The maximum atomic E-state index is 5.82. The number of rotatable bonds is 3. The van der Waals surface area contributed by atoms with Crippen molar-refractivity contribution in [2.75, 3.05) is 7.11 Å². The van der Waals surface area contributed by atoms with Crippen LogP contribution in [-0.2, 0) is 0 Å². The molecule has 0 bridgehead atoms. The monoisotopic (exact) mass is 248 g/mol. The second-order valence-corrected chi connectivity index (χ2v) is 4.10. The lowest BCUT2D eigenvalue weighted by atomic mass is 10.2. The average molecular weight is 249 g/mol. The minimum atomic E-state index is 0.688. The number of methoxy groups -OCH3 is 1. The van der Waals surface area contributed by atoms with Crippen LogP contribution in [0.4, 0.5) is 0 Å². The lowest BCUT2D eigenvalue weighted by Crippen LogP contribution is -1.92. The third kappa shape index (κ3) is 2.71. The van der Waals surface area contributed by atoms with Gasteiger partial charge in [0.15, 0.2) is 11.5 Å². The molecule has 0 radical (unpaired) electrons. The first-order chi connectivity index (χ1) is 8.20. The Bertz CT molecular complexity index is 506. The standard InChI is InChI=1S/C14H13ClO2/c1-10-4-3-5-13(14(10)16-2)17-12-8-6-11(15)7-9-12/h3-9H,1-2H3. The van der Waals surface area contributed by atoms with Gasteiger partial charge >= 0.3 is 0 Å². The van der Waals surface area contributed by atoms with E-state index in [9.17, 15) is 0 Å². The van der Waals surface area contributed by atoms with Gasteiger partial charge in [0.25, 0.3) is 0 Å². The maximum Gasteiger partial charge on any atom is 0.169 e. The number of benzene rings is 2. The minimum Gasteiger partial charge on any atom is -0.493 e. The maximum absolute atomic E-state index is 5.82. The molecule has 3 heteroatoms. The lowest BCUT2D eigenvalue weighted by molar-refractivity contribution is 0.376. The van der Waals surface area contributed by atoms with E-state index in [1.807, 2.05) is 37.3 Å². The van der Waals surface area contributed by atoms with Gasteiger partial charge < -0.3 is 9.47 Å². The fraction of sp³-hybridized carbons (Fsp3) is 0.143. The van der Waals surface area contributed by atoms with Crippen LogP contribution in [0.1, 0.15) is 5.56 Å². The van der Waals surface area contributed by atoms with Gasteiger partial charge in [0.2, 0.25) is 0 Å². The summed E-state index contributed by atoms with van der Waals surface area (Å²) in [4.78, 5) is 0. The van der Waals surface area contributed by atoms with Crippen LogP contribution in [0.15, 0.2) is 42.5 Å². The fourth-order valence-electron chi connectivity index (χ4n) is 1.60. The van der Waals surface area contributed by atoms with E-state index in [2.05, 4.69) is 0 Å². The number of halogens is 1. The summed E-state index contributed by atoms with van der Waals surface area (Å²) in [6, 6.07) is 13.0. The van der Waals surface area contributed by atoms with Crippen LogP contribution in [0, 0.1) is 6.92 Å². The fourth-order valence-corrected chi connectivity index (χ4v) is 1.72. The second kappa shape index (κ2) is 5.11. The first kappa shape index (κ1) is 11.8. The van der Waals surface area contributed by atoms with Crippen molar-refractivity contribution in [2.45, 2.75) is 6.92 Å². The Hall–Kier alpha value is -1.67. The molecule has 0 saturated carbocycles. The Morgan fingerprint density at radius 2 is 1.71 bits per heavy atom. The third-order valence-corrected chi connectivity index (χ3v) is 2.67. The van der Waals surface area contributed by atoms with Crippen molar-refractivity contribution in [3.8, 4) is 17.2 Å². The van der Waals surface area contributed by atoms with Crippen molar-refractivity contribution in [3.63, 3.8) is 0 Å². The molecule has 0 saturated heterocycles. The lowest BCUT2D eigenvalue weighted by Gasteiger charge is -2.12. The molecule has 0 heterocycles. The molecule has 2 aromatic rings. The van der Waals surface area contributed by atoms with Crippen molar-refractivity contribution in [1.29, 1.82) is 0 Å². The summed E-state index contributed by atoms with van der Waals surface area (Å²) in [5.74, 6) is 2.19. The Labute approximate surface area is 106 Å². The highest BCUT2D eigenvalue weighted by Gasteiger charge is 2.07. The molecule has 0 fully saturated rings. The van der Waals surface area contributed by atoms with Gasteiger partial charge in [-0.05, 0) is 42.8 Å². The van der Waals surface area contributed by atoms with Crippen LogP contribution >= 0.6 is 11.6 Å². The second-order valence-electron chi connectivity index (χ2n) is 3.66. The zero-order chi connectivity index (χ0) is 12.3. The van der Waals surface area contributed by atoms with Gasteiger partial charge in [0.1, 0.15) is 5.75 Å².